The number of aliphatic carboxylic acids is 1. The van der Waals surface area contributed by atoms with Gasteiger partial charge in [0.05, 0.1) is 25.7 Å². The molecular weight excluding hydrogens is 278 g/mol. The van der Waals surface area contributed by atoms with Gasteiger partial charge in [-0.1, -0.05) is 0 Å². The zero-order valence-corrected chi connectivity index (χ0v) is 11.6. The van der Waals surface area contributed by atoms with Gasteiger partial charge in [-0.25, -0.2) is 9.78 Å². The number of aromatic amines is 1. The van der Waals surface area contributed by atoms with Gasteiger partial charge in [0.2, 0.25) is 0 Å². The van der Waals surface area contributed by atoms with Crippen molar-refractivity contribution in [2.45, 2.75) is 31.9 Å². The highest BCUT2D eigenvalue weighted by Crippen LogP contribution is 2.14. The van der Waals surface area contributed by atoms with Crippen LogP contribution in [0, 0.1) is 0 Å². The fourth-order valence-corrected chi connectivity index (χ4v) is 2.13. The molecule has 1 fully saturated rings. The average molecular weight is 297 g/mol. The Morgan fingerprint density at radius 1 is 1.48 bits per heavy atom. The lowest BCUT2D eigenvalue weighted by atomic mass is 10.1. The summed E-state index contributed by atoms with van der Waals surface area (Å²) < 4.78 is 5.48. The summed E-state index contributed by atoms with van der Waals surface area (Å²) in [5, 5.41) is 17.7. The molecule has 0 aliphatic carbocycles. The predicted molar refractivity (Wildman–Crippen MR) is 71.4 cm³/mol. The van der Waals surface area contributed by atoms with Gasteiger partial charge in [-0.15, -0.1) is 0 Å². The molecule has 116 valence electrons. The summed E-state index contributed by atoms with van der Waals surface area (Å²) in [4.78, 5) is 28.0. The molecule has 0 spiro atoms. The second kappa shape index (κ2) is 7.58. The number of urea groups is 1. The van der Waals surface area contributed by atoms with Crippen LogP contribution < -0.4 is 5.32 Å². The van der Waals surface area contributed by atoms with Crippen molar-refractivity contribution < 1.29 is 19.4 Å². The number of carboxylic acid groups (broad SMARTS) is 1. The third kappa shape index (κ3) is 5.03. The summed E-state index contributed by atoms with van der Waals surface area (Å²) >= 11 is 0. The van der Waals surface area contributed by atoms with Crippen LogP contribution in [0.15, 0.2) is 6.33 Å². The molecule has 1 aromatic heterocycles. The number of rotatable bonds is 6. The highest BCUT2D eigenvalue weighted by molar-refractivity contribution is 5.74. The quantitative estimate of drug-likeness (QED) is 0.678. The van der Waals surface area contributed by atoms with Gasteiger partial charge < -0.3 is 20.1 Å². The molecule has 1 aromatic rings. The number of H-pyrrole nitrogens is 1. The molecule has 2 amide bonds. The molecule has 0 unspecified atom stereocenters. The Hall–Kier alpha value is -2.16. The van der Waals surface area contributed by atoms with E-state index >= 15 is 0 Å². The fourth-order valence-electron chi connectivity index (χ4n) is 2.13. The molecule has 0 radical (unpaired) electrons. The van der Waals surface area contributed by atoms with Crippen molar-refractivity contribution in [1.82, 2.24) is 25.4 Å². The lowest BCUT2D eigenvalue weighted by Gasteiger charge is -2.31. The molecule has 3 N–H and O–H groups in total. The summed E-state index contributed by atoms with van der Waals surface area (Å²) in [5.74, 6) is -0.255. The largest absolute Gasteiger partial charge is 0.481 e. The van der Waals surface area contributed by atoms with Crippen molar-refractivity contribution in [1.29, 1.82) is 0 Å². The van der Waals surface area contributed by atoms with Crippen LogP contribution in [0.2, 0.25) is 0 Å². The molecular formula is C12H19N5O4. The first kappa shape index (κ1) is 15.2. The van der Waals surface area contributed by atoms with Crippen molar-refractivity contribution in [3.05, 3.63) is 12.2 Å². The first-order valence-corrected chi connectivity index (χ1v) is 6.85. The number of likely N-dealkylation sites (tertiary alicyclic amines) is 1. The average Bonchev–Trinajstić information content (AvgIpc) is 2.98. The number of nitrogens with one attached hydrogen (secondary N) is 2. The van der Waals surface area contributed by atoms with E-state index in [9.17, 15) is 9.59 Å². The molecule has 9 heteroatoms. The number of piperidine rings is 1. The minimum absolute atomic E-state index is 0.0118. The maximum Gasteiger partial charge on any atom is 0.317 e. The van der Waals surface area contributed by atoms with Crippen LogP contribution in [0.4, 0.5) is 4.79 Å². The first-order chi connectivity index (χ1) is 10.1. The van der Waals surface area contributed by atoms with E-state index in [2.05, 4.69) is 20.5 Å². The Balaban J connectivity index is 1.63. The standard InChI is InChI=1S/C12H19N5O4/c18-11(19)3-6-21-9-1-4-17(5-2-9)12(20)13-7-10-14-8-15-16-10/h8-9H,1-7H2,(H,13,20)(H,18,19)(H,14,15,16). The molecule has 0 atom stereocenters. The number of carboxylic acids is 1. The molecule has 0 saturated carbocycles. The van der Waals surface area contributed by atoms with Crippen molar-refractivity contribution >= 4 is 12.0 Å². The van der Waals surface area contributed by atoms with Crippen LogP contribution >= 0.6 is 0 Å². The van der Waals surface area contributed by atoms with Crippen LogP contribution in [0.1, 0.15) is 25.1 Å². The fraction of sp³-hybridized carbons (Fsp3) is 0.667. The van der Waals surface area contributed by atoms with Gasteiger partial charge in [-0.05, 0) is 12.8 Å². The third-order valence-corrected chi connectivity index (χ3v) is 3.27. The molecule has 0 bridgehead atoms. The van der Waals surface area contributed by atoms with Gasteiger partial charge in [0, 0.05) is 13.1 Å². The summed E-state index contributed by atoms with van der Waals surface area (Å²) in [6.07, 6.45) is 2.87. The number of aromatic nitrogens is 3. The predicted octanol–water partition coefficient (Wildman–Crippen LogP) is -0.0300. The molecule has 1 aliphatic heterocycles. The SMILES string of the molecule is O=C(O)CCOC1CCN(C(=O)NCc2ncn[nH]2)CC1. The molecule has 0 aromatic carbocycles. The number of ether oxygens (including phenoxy) is 1. The maximum atomic E-state index is 11.9. The Labute approximate surface area is 121 Å². The smallest absolute Gasteiger partial charge is 0.317 e. The van der Waals surface area contributed by atoms with E-state index in [1.54, 1.807) is 4.90 Å². The Morgan fingerprint density at radius 3 is 2.86 bits per heavy atom. The molecule has 1 saturated heterocycles. The van der Waals surface area contributed by atoms with Crippen molar-refractivity contribution in [2.75, 3.05) is 19.7 Å². The number of carbonyl (C=O) groups excluding carboxylic acids is 1. The molecule has 1 aliphatic rings. The van der Waals surface area contributed by atoms with Crippen molar-refractivity contribution in [2.24, 2.45) is 0 Å². The number of carbonyl (C=O) groups is 2. The Kier molecular flexibility index (Phi) is 5.50. The lowest BCUT2D eigenvalue weighted by Crippen LogP contribution is -2.45. The van der Waals surface area contributed by atoms with E-state index in [-0.39, 0.29) is 25.2 Å². The van der Waals surface area contributed by atoms with E-state index in [4.69, 9.17) is 9.84 Å². The summed E-state index contributed by atoms with van der Waals surface area (Å²) in [7, 11) is 0. The molecule has 21 heavy (non-hydrogen) atoms. The summed E-state index contributed by atoms with van der Waals surface area (Å²) in [5.41, 5.74) is 0. The van der Waals surface area contributed by atoms with Gasteiger partial charge in [-0.3, -0.25) is 9.89 Å². The number of hydrogen-bond acceptors (Lipinski definition) is 5. The van der Waals surface area contributed by atoms with Crippen LogP contribution in [0.5, 0.6) is 0 Å². The van der Waals surface area contributed by atoms with Gasteiger partial charge >= 0.3 is 12.0 Å². The van der Waals surface area contributed by atoms with E-state index in [1.165, 1.54) is 6.33 Å². The van der Waals surface area contributed by atoms with Crippen LogP contribution in [0.3, 0.4) is 0 Å². The van der Waals surface area contributed by atoms with Crippen molar-refractivity contribution in [3.8, 4) is 0 Å². The topological polar surface area (TPSA) is 120 Å². The zero-order valence-electron chi connectivity index (χ0n) is 11.6. The monoisotopic (exact) mass is 297 g/mol. The zero-order chi connectivity index (χ0) is 15.1. The first-order valence-electron chi connectivity index (χ1n) is 6.85. The van der Waals surface area contributed by atoms with Gasteiger partial charge in [-0.2, -0.15) is 5.10 Å². The molecule has 9 nitrogen and oxygen atoms in total. The van der Waals surface area contributed by atoms with Gasteiger partial charge in [0.1, 0.15) is 12.2 Å². The second-order valence-corrected chi connectivity index (χ2v) is 4.79. The number of hydrogen-bond donors (Lipinski definition) is 3. The van der Waals surface area contributed by atoms with E-state index < -0.39 is 5.97 Å². The lowest BCUT2D eigenvalue weighted by molar-refractivity contribution is -0.138. The highest BCUT2D eigenvalue weighted by Gasteiger charge is 2.23. The van der Waals surface area contributed by atoms with E-state index in [1.807, 2.05) is 0 Å². The molecule has 2 rings (SSSR count). The Bertz CT molecular complexity index is 456. The second-order valence-electron chi connectivity index (χ2n) is 4.79. The minimum atomic E-state index is -0.862. The minimum Gasteiger partial charge on any atom is -0.481 e. The third-order valence-electron chi connectivity index (χ3n) is 3.27. The molecule has 2 heterocycles. The number of amides is 2. The van der Waals surface area contributed by atoms with Crippen LogP contribution in [-0.2, 0) is 16.1 Å². The maximum absolute atomic E-state index is 11.9. The Morgan fingerprint density at radius 2 is 2.24 bits per heavy atom. The van der Waals surface area contributed by atoms with Crippen LogP contribution in [-0.4, -0.2) is 63.0 Å². The normalized spacial score (nSPS) is 15.9. The van der Waals surface area contributed by atoms with E-state index in [0.29, 0.717) is 25.5 Å². The van der Waals surface area contributed by atoms with E-state index in [0.717, 1.165) is 12.8 Å². The van der Waals surface area contributed by atoms with Gasteiger partial charge in [0.25, 0.3) is 0 Å². The van der Waals surface area contributed by atoms with Crippen molar-refractivity contribution in [3.63, 3.8) is 0 Å². The van der Waals surface area contributed by atoms with Crippen LogP contribution in [0.25, 0.3) is 0 Å². The summed E-state index contributed by atoms with van der Waals surface area (Å²) in [6.45, 7) is 1.73. The highest BCUT2D eigenvalue weighted by atomic mass is 16.5. The summed E-state index contributed by atoms with van der Waals surface area (Å²) in [6, 6.07) is -0.143. The number of nitrogens with zero attached hydrogens (tertiary/aromatic N) is 3. The van der Waals surface area contributed by atoms with Gasteiger partial charge in [0.15, 0.2) is 0 Å².